The van der Waals surface area contributed by atoms with Crippen molar-refractivity contribution < 1.29 is 9.18 Å². The van der Waals surface area contributed by atoms with Crippen molar-refractivity contribution in [3.8, 4) is 11.3 Å². The lowest BCUT2D eigenvalue weighted by Gasteiger charge is -2.12. The first-order chi connectivity index (χ1) is 13.9. The summed E-state index contributed by atoms with van der Waals surface area (Å²) in [4.78, 5) is 17.8. The van der Waals surface area contributed by atoms with Crippen LogP contribution in [0, 0.1) is 19.7 Å². The molecule has 0 aliphatic carbocycles. The van der Waals surface area contributed by atoms with Crippen molar-refractivity contribution in [2.45, 2.75) is 13.8 Å². The van der Waals surface area contributed by atoms with Crippen LogP contribution >= 0.6 is 15.9 Å². The van der Waals surface area contributed by atoms with E-state index in [1.165, 1.54) is 17.7 Å². The van der Waals surface area contributed by atoms with Crippen molar-refractivity contribution in [3.63, 3.8) is 0 Å². The molecule has 0 spiro atoms. The summed E-state index contributed by atoms with van der Waals surface area (Å²) in [6.07, 6.45) is 0. The van der Waals surface area contributed by atoms with Crippen LogP contribution in [0.1, 0.15) is 21.5 Å². The summed E-state index contributed by atoms with van der Waals surface area (Å²) in [5.74, 6) is -0.879. The Morgan fingerprint density at radius 1 is 0.966 bits per heavy atom. The average molecular weight is 449 g/mol. The zero-order valence-electron chi connectivity index (χ0n) is 16.0. The highest BCUT2D eigenvalue weighted by Crippen LogP contribution is 2.27. The van der Waals surface area contributed by atoms with Gasteiger partial charge in [0, 0.05) is 15.4 Å². The molecule has 29 heavy (non-hydrogen) atoms. The third kappa shape index (κ3) is 3.91. The van der Waals surface area contributed by atoms with Gasteiger partial charge in [-0.1, -0.05) is 46.3 Å². The number of amides is 1. The summed E-state index contributed by atoms with van der Waals surface area (Å²) >= 11 is 3.23. The number of nitrogens with one attached hydrogen (secondary N) is 1. The summed E-state index contributed by atoms with van der Waals surface area (Å²) < 4.78 is 14.8. The normalized spacial score (nSPS) is 10.9. The van der Waals surface area contributed by atoms with Crippen LogP contribution in [-0.2, 0) is 0 Å². The molecule has 3 nitrogen and oxygen atoms in total. The molecule has 4 aromatic rings. The lowest BCUT2D eigenvalue weighted by Crippen LogP contribution is -2.14. The molecule has 0 aliphatic rings. The van der Waals surface area contributed by atoms with Crippen LogP contribution in [0.5, 0.6) is 0 Å². The molecule has 0 saturated heterocycles. The van der Waals surface area contributed by atoms with E-state index in [1.54, 1.807) is 12.1 Å². The topological polar surface area (TPSA) is 42.0 Å². The number of rotatable bonds is 3. The second kappa shape index (κ2) is 7.76. The van der Waals surface area contributed by atoms with Gasteiger partial charge < -0.3 is 5.32 Å². The Labute approximate surface area is 176 Å². The number of fused-ring (bicyclic) bond motifs is 1. The van der Waals surface area contributed by atoms with E-state index in [1.807, 2.05) is 43.3 Å². The number of anilines is 1. The highest BCUT2D eigenvalue weighted by Gasteiger charge is 2.16. The Balaban J connectivity index is 1.82. The lowest BCUT2D eigenvalue weighted by molar-refractivity contribution is 0.102. The van der Waals surface area contributed by atoms with Crippen molar-refractivity contribution in [2.24, 2.45) is 0 Å². The smallest absolute Gasteiger partial charge is 0.256 e. The molecule has 0 saturated carbocycles. The minimum atomic E-state index is -0.500. The number of aryl methyl sites for hydroxylation is 2. The summed E-state index contributed by atoms with van der Waals surface area (Å²) in [6, 6.07) is 19.9. The molecule has 0 fully saturated rings. The molecule has 144 valence electrons. The zero-order valence-corrected chi connectivity index (χ0v) is 17.5. The third-order valence-electron chi connectivity index (χ3n) is 4.94. The maximum absolute atomic E-state index is 14.2. The van der Waals surface area contributed by atoms with Crippen LogP contribution in [0.15, 0.2) is 71.2 Å². The molecule has 1 heterocycles. The quantitative estimate of drug-likeness (QED) is 0.380. The van der Waals surface area contributed by atoms with Gasteiger partial charge in [0.25, 0.3) is 5.91 Å². The van der Waals surface area contributed by atoms with E-state index in [2.05, 4.69) is 34.2 Å². The summed E-state index contributed by atoms with van der Waals surface area (Å²) in [7, 11) is 0. The van der Waals surface area contributed by atoms with Crippen LogP contribution < -0.4 is 5.32 Å². The van der Waals surface area contributed by atoms with E-state index in [0.717, 1.165) is 16.5 Å². The zero-order chi connectivity index (χ0) is 20.5. The van der Waals surface area contributed by atoms with Crippen LogP contribution in [0.3, 0.4) is 0 Å². The van der Waals surface area contributed by atoms with Crippen LogP contribution in [-0.4, -0.2) is 10.9 Å². The van der Waals surface area contributed by atoms with Gasteiger partial charge in [0.1, 0.15) is 5.82 Å². The van der Waals surface area contributed by atoms with Gasteiger partial charge in [-0.25, -0.2) is 9.37 Å². The van der Waals surface area contributed by atoms with Gasteiger partial charge in [-0.2, -0.15) is 0 Å². The molecule has 0 aliphatic heterocycles. The van der Waals surface area contributed by atoms with E-state index in [-0.39, 0.29) is 11.6 Å². The number of hydrogen-bond donors (Lipinski definition) is 1. The number of aromatic nitrogens is 1. The van der Waals surface area contributed by atoms with Crippen molar-refractivity contribution in [3.05, 3.63) is 93.7 Å². The van der Waals surface area contributed by atoms with Crippen molar-refractivity contribution >= 4 is 38.4 Å². The molecule has 0 bridgehead atoms. The largest absolute Gasteiger partial charge is 0.319 e. The number of carbonyl (C=O) groups is 1. The van der Waals surface area contributed by atoms with E-state index in [9.17, 15) is 9.18 Å². The van der Waals surface area contributed by atoms with Gasteiger partial charge in [-0.3, -0.25) is 4.79 Å². The molecule has 0 unspecified atom stereocenters. The second-order valence-electron chi connectivity index (χ2n) is 6.95. The molecule has 0 atom stereocenters. The minimum Gasteiger partial charge on any atom is -0.319 e. The number of hydrogen-bond acceptors (Lipinski definition) is 2. The maximum Gasteiger partial charge on any atom is 0.256 e. The summed E-state index contributed by atoms with van der Waals surface area (Å²) in [5.41, 5.74) is 5.28. The predicted octanol–water partition coefficient (Wildman–Crippen LogP) is 6.67. The number of nitrogens with zero attached hydrogens (tertiary/aromatic N) is 1. The van der Waals surface area contributed by atoms with Crippen molar-refractivity contribution in [2.75, 3.05) is 5.32 Å². The molecule has 1 amide bonds. The van der Waals surface area contributed by atoms with Gasteiger partial charge in [-0.15, -0.1) is 0 Å². The first-order valence-electron chi connectivity index (χ1n) is 9.16. The number of halogens is 2. The molecular weight excluding hydrogens is 431 g/mol. The standard InChI is InChI=1S/C24H18BrFN2O/c1-14-7-8-16(11-15(14)2)23-13-19(18-5-3-4-6-21(18)27-23)24(29)28-22-10-9-17(25)12-20(22)26/h3-13H,1-2H3,(H,28,29). The second-order valence-corrected chi connectivity index (χ2v) is 7.87. The van der Waals surface area contributed by atoms with Gasteiger partial charge >= 0.3 is 0 Å². The number of para-hydroxylation sites is 1. The highest BCUT2D eigenvalue weighted by molar-refractivity contribution is 9.10. The molecule has 1 aromatic heterocycles. The molecular formula is C24H18BrFN2O. The maximum atomic E-state index is 14.2. The molecule has 0 radical (unpaired) electrons. The van der Waals surface area contributed by atoms with E-state index in [4.69, 9.17) is 4.98 Å². The fourth-order valence-electron chi connectivity index (χ4n) is 3.19. The highest BCUT2D eigenvalue weighted by atomic mass is 79.9. The Kier molecular flexibility index (Phi) is 5.16. The Bertz CT molecular complexity index is 1250. The first kappa shape index (κ1) is 19.3. The van der Waals surface area contributed by atoms with E-state index >= 15 is 0 Å². The van der Waals surface area contributed by atoms with Gasteiger partial charge in [0.15, 0.2) is 0 Å². The van der Waals surface area contributed by atoms with E-state index in [0.29, 0.717) is 21.2 Å². The molecule has 1 N–H and O–H groups in total. The van der Waals surface area contributed by atoms with Crippen molar-refractivity contribution in [1.82, 2.24) is 4.98 Å². The average Bonchev–Trinajstić information content (AvgIpc) is 2.71. The molecule has 4 rings (SSSR count). The molecule has 5 heteroatoms. The fraction of sp³-hybridized carbons (Fsp3) is 0.0833. The lowest BCUT2D eigenvalue weighted by atomic mass is 10.0. The third-order valence-corrected chi connectivity index (χ3v) is 5.44. The van der Waals surface area contributed by atoms with Crippen molar-refractivity contribution in [1.29, 1.82) is 0 Å². The fourth-order valence-corrected chi connectivity index (χ4v) is 3.53. The Hall–Kier alpha value is -3.05. The number of benzene rings is 3. The van der Waals surface area contributed by atoms with Gasteiger partial charge in [0.05, 0.1) is 22.5 Å². The van der Waals surface area contributed by atoms with Crippen LogP contribution in [0.4, 0.5) is 10.1 Å². The van der Waals surface area contributed by atoms with Gasteiger partial charge in [0.2, 0.25) is 0 Å². The van der Waals surface area contributed by atoms with Crippen LogP contribution in [0.25, 0.3) is 22.2 Å². The van der Waals surface area contributed by atoms with Gasteiger partial charge in [-0.05, 0) is 61.4 Å². The molecule has 3 aromatic carbocycles. The number of pyridine rings is 1. The predicted molar refractivity (Wildman–Crippen MR) is 119 cm³/mol. The monoisotopic (exact) mass is 448 g/mol. The Morgan fingerprint density at radius 2 is 1.76 bits per heavy atom. The SMILES string of the molecule is Cc1ccc(-c2cc(C(=O)Nc3ccc(Br)cc3F)c3ccccc3n2)cc1C. The summed E-state index contributed by atoms with van der Waals surface area (Å²) in [5, 5.41) is 3.40. The first-order valence-corrected chi connectivity index (χ1v) is 9.95. The number of carbonyl (C=O) groups excluding carboxylic acids is 1. The summed E-state index contributed by atoms with van der Waals surface area (Å²) in [6.45, 7) is 4.10. The van der Waals surface area contributed by atoms with Crippen LogP contribution in [0.2, 0.25) is 0 Å². The van der Waals surface area contributed by atoms with E-state index < -0.39 is 5.82 Å². The minimum absolute atomic E-state index is 0.131. The Morgan fingerprint density at radius 3 is 2.52 bits per heavy atom.